The van der Waals surface area contributed by atoms with Crippen LogP contribution < -0.4 is 10.6 Å². The van der Waals surface area contributed by atoms with E-state index in [1.54, 1.807) is 0 Å². The van der Waals surface area contributed by atoms with Gasteiger partial charge in [0.25, 0.3) is 0 Å². The fraction of sp³-hybridized carbons (Fsp3) is 0.429. The quantitative estimate of drug-likeness (QED) is 0.900. The zero-order valence-electron chi connectivity index (χ0n) is 11.5. The van der Waals surface area contributed by atoms with E-state index in [2.05, 4.69) is 60.1 Å². The summed E-state index contributed by atoms with van der Waals surface area (Å²) in [7, 11) is 0. The molecule has 0 radical (unpaired) electrons. The zero-order chi connectivity index (χ0) is 13.9. The highest BCUT2D eigenvalue weighted by atomic mass is 79.9. The number of pyridine rings is 1. The Morgan fingerprint density at radius 1 is 1.45 bits per heavy atom. The SMILES string of the molecule is Cc1cc(Br)cn2cc(CCNC3=NCCCN3)nc12. The molecular weight excluding hydrogens is 318 g/mol. The van der Waals surface area contributed by atoms with Crippen molar-refractivity contribution in [2.75, 3.05) is 19.6 Å². The molecule has 1 aliphatic rings. The van der Waals surface area contributed by atoms with Gasteiger partial charge in [0.1, 0.15) is 5.65 Å². The second-order valence-electron chi connectivity index (χ2n) is 4.99. The Bertz CT molecular complexity index is 646. The van der Waals surface area contributed by atoms with Gasteiger partial charge in [-0.1, -0.05) is 0 Å². The van der Waals surface area contributed by atoms with Gasteiger partial charge in [-0.3, -0.25) is 4.99 Å². The van der Waals surface area contributed by atoms with E-state index in [1.807, 2.05) is 6.20 Å². The Morgan fingerprint density at radius 2 is 2.35 bits per heavy atom. The summed E-state index contributed by atoms with van der Waals surface area (Å²) in [5, 5.41) is 6.58. The summed E-state index contributed by atoms with van der Waals surface area (Å²) in [6, 6.07) is 2.09. The first-order chi connectivity index (χ1) is 9.72. The fourth-order valence-corrected chi connectivity index (χ4v) is 2.92. The second-order valence-corrected chi connectivity index (χ2v) is 5.91. The van der Waals surface area contributed by atoms with Crippen molar-refractivity contribution in [3.8, 4) is 0 Å². The minimum Gasteiger partial charge on any atom is -0.356 e. The summed E-state index contributed by atoms with van der Waals surface area (Å²) in [5.41, 5.74) is 3.29. The van der Waals surface area contributed by atoms with Crippen LogP contribution in [0.5, 0.6) is 0 Å². The molecule has 2 aromatic heterocycles. The molecule has 3 heterocycles. The lowest BCUT2D eigenvalue weighted by molar-refractivity contribution is 0.698. The lowest BCUT2D eigenvalue weighted by Crippen LogP contribution is -2.41. The molecule has 0 saturated heterocycles. The Hall–Kier alpha value is -1.56. The number of imidazole rings is 1. The number of halogens is 1. The normalized spacial score (nSPS) is 15.0. The molecule has 5 nitrogen and oxygen atoms in total. The van der Waals surface area contributed by atoms with Gasteiger partial charge in [-0.25, -0.2) is 4.98 Å². The molecule has 3 rings (SSSR count). The van der Waals surface area contributed by atoms with Gasteiger partial charge < -0.3 is 15.0 Å². The predicted octanol–water partition coefficient (Wildman–Crippen LogP) is 1.89. The Kier molecular flexibility index (Phi) is 3.91. The first-order valence-corrected chi connectivity index (χ1v) is 7.67. The molecule has 2 aromatic rings. The molecule has 0 aliphatic carbocycles. The number of rotatable bonds is 3. The van der Waals surface area contributed by atoms with Gasteiger partial charge in [-0.05, 0) is 40.9 Å². The topological polar surface area (TPSA) is 53.7 Å². The number of nitrogens with zero attached hydrogens (tertiary/aromatic N) is 3. The first kappa shape index (κ1) is 13.4. The monoisotopic (exact) mass is 335 g/mol. The maximum Gasteiger partial charge on any atom is 0.191 e. The van der Waals surface area contributed by atoms with Crippen LogP contribution in [0.25, 0.3) is 5.65 Å². The van der Waals surface area contributed by atoms with Gasteiger partial charge in [-0.2, -0.15) is 0 Å². The maximum atomic E-state index is 4.68. The summed E-state index contributed by atoms with van der Waals surface area (Å²) in [4.78, 5) is 9.07. The molecule has 6 heteroatoms. The van der Waals surface area contributed by atoms with Crippen LogP contribution in [-0.4, -0.2) is 35.0 Å². The van der Waals surface area contributed by atoms with E-state index in [9.17, 15) is 0 Å². The van der Waals surface area contributed by atoms with Gasteiger partial charge in [0.15, 0.2) is 5.96 Å². The van der Waals surface area contributed by atoms with Crippen molar-refractivity contribution in [3.63, 3.8) is 0 Å². The van der Waals surface area contributed by atoms with E-state index in [0.29, 0.717) is 0 Å². The first-order valence-electron chi connectivity index (χ1n) is 6.88. The van der Waals surface area contributed by atoms with Gasteiger partial charge in [-0.15, -0.1) is 0 Å². The van der Waals surface area contributed by atoms with Crippen molar-refractivity contribution < 1.29 is 0 Å². The summed E-state index contributed by atoms with van der Waals surface area (Å²) < 4.78 is 3.15. The number of guanidine groups is 1. The number of aryl methyl sites for hydroxylation is 1. The molecule has 0 aromatic carbocycles. The summed E-state index contributed by atoms with van der Waals surface area (Å²) in [6.07, 6.45) is 6.13. The third-order valence-electron chi connectivity index (χ3n) is 3.32. The molecule has 0 unspecified atom stereocenters. The average molecular weight is 336 g/mol. The molecule has 20 heavy (non-hydrogen) atoms. The highest BCUT2D eigenvalue weighted by Gasteiger charge is 2.06. The number of nitrogens with one attached hydrogen (secondary N) is 2. The van der Waals surface area contributed by atoms with Crippen molar-refractivity contribution >= 4 is 27.5 Å². The van der Waals surface area contributed by atoms with Crippen LogP contribution in [0.4, 0.5) is 0 Å². The van der Waals surface area contributed by atoms with Crippen LogP contribution in [0.15, 0.2) is 27.9 Å². The van der Waals surface area contributed by atoms with Crippen molar-refractivity contribution in [2.24, 2.45) is 4.99 Å². The predicted molar refractivity (Wildman–Crippen MR) is 84.3 cm³/mol. The lowest BCUT2D eigenvalue weighted by Gasteiger charge is -2.15. The van der Waals surface area contributed by atoms with E-state index in [-0.39, 0.29) is 0 Å². The molecule has 106 valence electrons. The highest BCUT2D eigenvalue weighted by molar-refractivity contribution is 9.10. The standard InChI is InChI=1S/C14H18BrN5/c1-10-7-11(15)8-20-9-12(19-13(10)20)3-6-18-14-16-4-2-5-17-14/h7-9H,2-6H2,1H3,(H2,16,17,18). The molecule has 0 spiro atoms. The summed E-state index contributed by atoms with van der Waals surface area (Å²) >= 11 is 3.51. The fourth-order valence-electron chi connectivity index (χ4n) is 2.36. The van der Waals surface area contributed by atoms with Crippen molar-refractivity contribution in [3.05, 3.63) is 34.2 Å². The molecule has 1 aliphatic heterocycles. The minimum atomic E-state index is 0.843. The molecule has 0 amide bonds. The van der Waals surface area contributed by atoms with Crippen LogP contribution in [0.1, 0.15) is 17.7 Å². The van der Waals surface area contributed by atoms with E-state index in [4.69, 9.17) is 0 Å². The number of hydrogen-bond acceptors (Lipinski definition) is 4. The molecule has 0 bridgehead atoms. The maximum absolute atomic E-state index is 4.68. The zero-order valence-corrected chi connectivity index (χ0v) is 13.1. The second kappa shape index (κ2) is 5.83. The third kappa shape index (κ3) is 2.95. The molecule has 0 atom stereocenters. The van der Waals surface area contributed by atoms with Crippen LogP contribution in [0.2, 0.25) is 0 Å². The van der Waals surface area contributed by atoms with Gasteiger partial charge in [0.05, 0.1) is 5.69 Å². The summed E-state index contributed by atoms with van der Waals surface area (Å²) in [5.74, 6) is 0.916. The Balaban J connectivity index is 1.66. The lowest BCUT2D eigenvalue weighted by atomic mass is 10.3. The van der Waals surface area contributed by atoms with Crippen LogP contribution in [-0.2, 0) is 6.42 Å². The largest absolute Gasteiger partial charge is 0.356 e. The third-order valence-corrected chi connectivity index (χ3v) is 3.76. The van der Waals surface area contributed by atoms with Crippen LogP contribution >= 0.6 is 15.9 Å². The van der Waals surface area contributed by atoms with Crippen molar-refractivity contribution in [1.29, 1.82) is 0 Å². The van der Waals surface area contributed by atoms with E-state index < -0.39 is 0 Å². The van der Waals surface area contributed by atoms with Gasteiger partial charge in [0.2, 0.25) is 0 Å². The van der Waals surface area contributed by atoms with Gasteiger partial charge in [0, 0.05) is 42.9 Å². The summed E-state index contributed by atoms with van der Waals surface area (Å²) in [6.45, 7) is 4.84. The number of aromatic nitrogens is 2. The highest BCUT2D eigenvalue weighted by Crippen LogP contribution is 2.17. The Labute approximate surface area is 126 Å². The Morgan fingerprint density at radius 3 is 3.15 bits per heavy atom. The number of fused-ring (bicyclic) bond motifs is 1. The van der Waals surface area contributed by atoms with E-state index >= 15 is 0 Å². The van der Waals surface area contributed by atoms with Crippen molar-refractivity contribution in [1.82, 2.24) is 20.0 Å². The molecule has 0 fully saturated rings. The number of hydrogen-bond donors (Lipinski definition) is 2. The molecular formula is C14H18BrN5. The minimum absolute atomic E-state index is 0.843. The van der Waals surface area contributed by atoms with Crippen LogP contribution in [0.3, 0.4) is 0 Å². The van der Waals surface area contributed by atoms with Gasteiger partial charge >= 0.3 is 0 Å². The molecule has 0 saturated carbocycles. The number of aliphatic imine (C=N–C) groups is 1. The smallest absolute Gasteiger partial charge is 0.191 e. The van der Waals surface area contributed by atoms with Crippen LogP contribution in [0, 0.1) is 6.92 Å². The average Bonchev–Trinajstić information content (AvgIpc) is 2.83. The molecule has 2 N–H and O–H groups in total. The van der Waals surface area contributed by atoms with E-state index in [1.165, 1.54) is 5.56 Å². The van der Waals surface area contributed by atoms with Crippen molar-refractivity contribution in [2.45, 2.75) is 19.8 Å². The van der Waals surface area contributed by atoms with E-state index in [0.717, 1.165) is 54.2 Å².